The van der Waals surface area contributed by atoms with Crippen LogP contribution in [-0.4, -0.2) is 36.5 Å². The maximum absolute atomic E-state index is 12.4. The van der Waals surface area contributed by atoms with Gasteiger partial charge in [-0.25, -0.2) is 4.79 Å². The summed E-state index contributed by atoms with van der Waals surface area (Å²) < 4.78 is 15.9. The number of anilines is 1. The van der Waals surface area contributed by atoms with E-state index in [0.29, 0.717) is 35.0 Å². The van der Waals surface area contributed by atoms with Crippen LogP contribution in [0.15, 0.2) is 59.1 Å². The molecule has 2 aromatic carbocycles. The molecule has 27 heavy (non-hydrogen) atoms. The lowest BCUT2D eigenvalue weighted by Crippen LogP contribution is -2.12. The van der Waals surface area contributed by atoms with E-state index in [2.05, 4.69) is 10.5 Å². The van der Waals surface area contributed by atoms with E-state index in [4.69, 9.17) is 19.1 Å². The third-order valence-electron chi connectivity index (χ3n) is 3.86. The average molecular weight is 368 g/mol. The molecule has 0 saturated heterocycles. The zero-order chi connectivity index (χ0) is 19.1. The second kappa shape index (κ2) is 8.86. The summed E-state index contributed by atoms with van der Waals surface area (Å²) >= 11 is 0. The van der Waals surface area contributed by atoms with Crippen LogP contribution in [0.3, 0.4) is 0 Å². The molecule has 0 atom stereocenters. The number of nitrogens with one attached hydrogen (secondary N) is 1. The molecule has 0 fully saturated rings. The van der Waals surface area contributed by atoms with E-state index in [0.717, 1.165) is 5.56 Å². The Hall–Kier alpha value is -3.32. The number of methoxy groups -OCH3 is 1. The first-order valence-electron chi connectivity index (χ1n) is 8.42. The van der Waals surface area contributed by atoms with Gasteiger partial charge in [-0.15, -0.1) is 0 Å². The van der Waals surface area contributed by atoms with E-state index in [1.807, 2.05) is 24.3 Å². The normalized spacial score (nSPS) is 10.4. The maximum atomic E-state index is 12.4. The Morgan fingerprint density at radius 1 is 1.19 bits per heavy atom. The van der Waals surface area contributed by atoms with Gasteiger partial charge in [-0.1, -0.05) is 29.4 Å². The number of aliphatic hydroxyl groups is 1. The van der Waals surface area contributed by atoms with Gasteiger partial charge in [-0.05, 0) is 24.3 Å². The summed E-state index contributed by atoms with van der Waals surface area (Å²) in [6, 6.07) is 16.1. The molecule has 140 valence electrons. The van der Waals surface area contributed by atoms with Crippen molar-refractivity contribution >= 4 is 11.7 Å². The number of benzene rings is 2. The SMILES string of the molecule is COc1ccccc1-c1cc(COC(=O)c2ccccc2NCCO)on1. The third-order valence-corrected chi connectivity index (χ3v) is 3.86. The van der Waals surface area contributed by atoms with Crippen LogP contribution in [0.1, 0.15) is 16.1 Å². The molecule has 0 bridgehead atoms. The van der Waals surface area contributed by atoms with Crippen molar-refractivity contribution in [1.29, 1.82) is 0 Å². The summed E-state index contributed by atoms with van der Waals surface area (Å²) in [6.07, 6.45) is 0. The molecule has 0 spiro atoms. The van der Waals surface area contributed by atoms with Gasteiger partial charge in [-0.3, -0.25) is 0 Å². The quantitative estimate of drug-likeness (QED) is 0.590. The number of hydrogen-bond donors (Lipinski definition) is 2. The number of ether oxygens (including phenoxy) is 2. The number of rotatable bonds is 8. The number of aromatic nitrogens is 1. The van der Waals surface area contributed by atoms with Gasteiger partial charge in [0.2, 0.25) is 0 Å². The molecule has 7 heteroatoms. The molecule has 3 aromatic rings. The van der Waals surface area contributed by atoms with Gasteiger partial charge >= 0.3 is 5.97 Å². The van der Waals surface area contributed by atoms with Crippen molar-refractivity contribution in [2.24, 2.45) is 0 Å². The van der Waals surface area contributed by atoms with E-state index in [9.17, 15) is 4.79 Å². The molecule has 0 aliphatic rings. The molecule has 3 rings (SSSR count). The van der Waals surface area contributed by atoms with Crippen molar-refractivity contribution in [3.8, 4) is 17.0 Å². The lowest BCUT2D eigenvalue weighted by molar-refractivity contribution is 0.0438. The lowest BCUT2D eigenvalue weighted by Gasteiger charge is -2.10. The number of para-hydroxylation sites is 2. The largest absolute Gasteiger partial charge is 0.496 e. The van der Waals surface area contributed by atoms with Crippen molar-refractivity contribution < 1.29 is 23.9 Å². The van der Waals surface area contributed by atoms with Gasteiger partial charge in [0.05, 0.1) is 19.3 Å². The number of hydrogen-bond acceptors (Lipinski definition) is 7. The van der Waals surface area contributed by atoms with Crippen LogP contribution < -0.4 is 10.1 Å². The van der Waals surface area contributed by atoms with Crippen LogP contribution in [0.2, 0.25) is 0 Å². The molecule has 1 heterocycles. The molecule has 2 N–H and O–H groups in total. The summed E-state index contributed by atoms with van der Waals surface area (Å²) in [5, 5.41) is 15.9. The Balaban J connectivity index is 1.68. The molecular formula is C20H20N2O5. The van der Waals surface area contributed by atoms with Crippen LogP contribution >= 0.6 is 0 Å². The molecular weight excluding hydrogens is 348 g/mol. The molecule has 1 aromatic heterocycles. The van der Waals surface area contributed by atoms with Crippen molar-refractivity contribution in [3.63, 3.8) is 0 Å². The highest BCUT2D eigenvalue weighted by Crippen LogP contribution is 2.29. The van der Waals surface area contributed by atoms with Gasteiger partial charge < -0.3 is 24.4 Å². The van der Waals surface area contributed by atoms with Crippen LogP contribution in [0.4, 0.5) is 5.69 Å². The Morgan fingerprint density at radius 3 is 2.78 bits per heavy atom. The highest BCUT2D eigenvalue weighted by atomic mass is 16.5. The van der Waals surface area contributed by atoms with Gasteiger partial charge in [0.25, 0.3) is 0 Å². The monoisotopic (exact) mass is 368 g/mol. The first kappa shape index (κ1) is 18.5. The van der Waals surface area contributed by atoms with Crippen LogP contribution in [0, 0.1) is 0 Å². The molecule has 0 radical (unpaired) electrons. The van der Waals surface area contributed by atoms with E-state index < -0.39 is 5.97 Å². The highest BCUT2D eigenvalue weighted by Gasteiger charge is 2.15. The van der Waals surface area contributed by atoms with Crippen molar-refractivity contribution in [3.05, 3.63) is 65.9 Å². The lowest BCUT2D eigenvalue weighted by atomic mass is 10.1. The van der Waals surface area contributed by atoms with Crippen LogP contribution in [0.25, 0.3) is 11.3 Å². The summed E-state index contributed by atoms with van der Waals surface area (Å²) in [5.41, 5.74) is 2.38. The Bertz CT molecular complexity index is 907. The first-order valence-corrected chi connectivity index (χ1v) is 8.42. The predicted octanol–water partition coefficient (Wildman–Crippen LogP) is 3.11. The first-order chi connectivity index (χ1) is 13.2. The average Bonchev–Trinajstić information content (AvgIpc) is 3.19. The Kier molecular flexibility index (Phi) is 6.06. The third kappa shape index (κ3) is 4.45. The van der Waals surface area contributed by atoms with E-state index in [1.54, 1.807) is 37.4 Å². The van der Waals surface area contributed by atoms with Crippen molar-refractivity contribution in [2.45, 2.75) is 6.61 Å². The molecule has 0 saturated carbocycles. The van der Waals surface area contributed by atoms with Crippen molar-refractivity contribution in [2.75, 3.05) is 25.6 Å². The van der Waals surface area contributed by atoms with Gasteiger partial charge in [-0.2, -0.15) is 0 Å². The van der Waals surface area contributed by atoms with Crippen LogP contribution in [-0.2, 0) is 11.3 Å². The highest BCUT2D eigenvalue weighted by molar-refractivity contribution is 5.95. The fraction of sp³-hybridized carbons (Fsp3) is 0.200. The minimum Gasteiger partial charge on any atom is -0.496 e. The van der Waals surface area contributed by atoms with Gasteiger partial charge in [0, 0.05) is 23.9 Å². The second-order valence-corrected chi connectivity index (χ2v) is 5.65. The van der Waals surface area contributed by atoms with Crippen LogP contribution in [0.5, 0.6) is 5.75 Å². The maximum Gasteiger partial charge on any atom is 0.340 e. The summed E-state index contributed by atoms with van der Waals surface area (Å²) in [4.78, 5) is 12.4. The molecule has 0 amide bonds. The Labute approximate surface area is 156 Å². The Morgan fingerprint density at radius 2 is 1.96 bits per heavy atom. The number of nitrogens with zero attached hydrogens (tertiary/aromatic N) is 1. The molecule has 0 aliphatic heterocycles. The number of esters is 1. The zero-order valence-electron chi connectivity index (χ0n) is 14.8. The molecule has 0 unspecified atom stereocenters. The number of carbonyl (C=O) groups excluding carboxylic acids is 1. The fourth-order valence-electron chi connectivity index (χ4n) is 2.58. The van der Waals surface area contributed by atoms with E-state index >= 15 is 0 Å². The smallest absolute Gasteiger partial charge is 0.340 e. The molecule has 7 nitrogen and oxygen atoms in total. The summed E-state index contributed by atoms with van der Waals surface area (Å²) in [6.45, 7) is 0.261. The number of aliphatic hydroxyl groups excluding tert-OH is 1. The van der Waals surface area contributed by atoms with E-state index in [1.165, 1.54) is 0 Å². The second-order valence-electron chi connectivity index (χ2n) is 5.65. The minimum absolute atomic E-state index is 0.0346. The van der Waals surface area contributed by atoms with Gasteiger partial charge in [0.15, 0.2) is 12.4 Å². The summed E-state index contributed by atoms with van der Waals surface area (Å²) in [7, 11) is 1.59. The summed E-state index contributed by atoms with van der Waals surface area (Å²) in [5.74, 6) is 0.606. The predicted molar refractivity (Wildman–Crippen MR) is 99.6 cm³/mol. The standard InChI is InChI=1S/C20H20N2O5/c1-25-19-9-5-3-6-15(19)18-12-14(27-22-18)13-26-20(24)16-7-2-4-8-17(16)21-10-11-23/h2-9,12,21,23H,10-11,13H2,1H3. The topological polar surface area (TPSA) is 93.8 Å². The van der Waals surface area contributed by atoms with Crippen molar-refractivity contribution in [1.82, 2.24) is 5.16 Å². The zero-order valence-corrected chi connectivity index (χ0v) is 14.8. The number of carbonyl (C=O) groups is 1. The fourth-order valence-corrected chi connectivity index (χ4v) is 2.58. The van der Waals surface area contributed by atoms with E-state index in [-0.39, 0.29) is 13.2 Å². The van der Waals surface area contributed by atoms with Gasteiger partial charge in [0.1, 0.15) is 11.4 Å². The molecule has 0 aliphatic carbocycles. The minimum atomic E-state index is -0.494.